The minimum absolute atomic E-state index is 0.154. The molecule has 3 aromatic rings. The van der Waals surface area contributed by atoms with Crippen molar-refractivity contribution in [1.82, 2.24) is 0 Å². The van der Waals surface area contributed by atoms with Crippen molar-refractivity contribution in [1.29, 1.82) is 0 Å². The zero-order valence-electron chi connectivity index (χ0n) is 24.6. The average molecular weight is 581 g/mol. The van der Waals surface area contributed by atoms with Gasteiger partial charge in [0.15, 0.2) is 0 Å². The number of benzene rings is 3. The van der Waals surface area contributed by atoms with Gasteiger partial charge in [-0.05, 0) is 74.7 Å². The molecule has 0 atom stereocenters. The van der Waals surface area contributed by atoms with Crippen LogP contribution in [0.2, 0.25) is 0 Å². The van der Waals surface area contributed by atoms with Crippen molar-refractivity contribution in [2.24, 2.45) is 0 Å². The van der Waals surface area contributed by atoms with E-state index < -0.39 is 23.9 Å². The summed E-state index contributed by atoms with van der Waals surface area (Å²) in [5.41, 5.74) is 2.89. The molecule has 0 fully saturated rings. The highest BCUT2D eigenvalue weighted by molar-refractivity contribution is 5.94. The van der Waals surface area contributed by atoms with Crippen LogP contribution in [0.25, 0.3) is 22.3 Å². The van der Waals surface area contributed by atoms with Gasteiger partial charge in [-0.3, -0.25) is 0 Å². The zero-order chi connectivity index (χ0) is 31.8. The van der Waals surface area contributed by atoms with Crippen LogP contribution in [0.4, 0.5) is 0 Å². The number of carbonyl (C=O) groups excluding carboxylic acids is 4. The predicted octanol–water partition coefficient (Wildman–Crippen LogP) is 7.34. The Morgan fingerprint density at radius 2 is 0.860 bits per heavy atom. The summed E-state index contributed by atoms with van der Waals surface area (Å²) in [6.45, 7) is 21.0. The monoisotopic (exact) mass is 580 g/mol. The summed E-state index contributed by atoms with van der Waals surface area (Å²) in [4.78, 5) is 49.3. The highest BCUT2D eigenvalue weighted by atomic mass is 16.5. The van der Waals surface area contributed by atoms with Gasteiger partial charge in [-0.1, -0.05) is 57.5 Å². The second kappa shape index (κ2) is 13.9. The van der Waals surface area contributed by atoms with Gasteiger partial charge >= 0.3 is 23.9 Å². The van der Waals surface area contributed by atoms with Crippen LogP contribution in [0.1, 0.15) is 34.1 Å². The van der Waals surface area contributed by atoms with Crippen LogP contribution in [-0.2, 0) is 19.2 Å². The lowest BCUT2D eigenvalue weighted by Crippen LogP contribution is -2.12. The minimum Gasteiger partial charge on any atom is -0.423 e. The molecular formula is C35H32O8. The first-order valence-electron chi connectivity index (χ1n) is 13.2. The molecule has 0 aromatic heterocycles. The summed E-state index contributed by atoms with van der Waals surface area (Å²) >= 11 is 0. The van der Waals surface area contributed by atoms with Crippen molar-refractivity contribution in [2.45, 2.75) is 34.1 Å². The lowest BCUT2D eigenvalue weighted by Gasteiger charge is -2.18. The first kappa shape index (κ1) is 32.0. The molecule has 0 aliphatic heterocycles. The lowest BCUT2D eigenvalue weighted by atomic mass is 9.97. The van der Waals surface area contributed by atoms with Crippen molar-refractivity contribution < 1.29 is 38.1 Å². The number of hydrogen-bond acceptors (Lipinski definition) is 8. The zero-order valence-corrected chi connectivity index (χ0v) is 24.6. The molecule has 3 rings (SSSR count). The van der Waals surface area contributed by atoms with Gasteiger partial charge in [0.25, 0.3) is 0 Å². The van der Waals surface area contributed by atoms with Gasteiger partial charge in [-0.25, -0.2) is 19.2 Å². The number of ether oxygens (including phenoxy) is 4. The van der Waals surface area contributed by atoms with Crippen molar-refractivity contribution in [3.8, 4) is 45.3 Å². The summed E-state index contributed by atoms with van der Waals surface area (Å²) in [5.74, 6) is -1.55. The Hall–Kier alpha value is -5.50. The molecule has 0 heterocycles. The fraction of sp³-hybridized carbons (Fsp3) is 0.143. The van der Waals surface area contributed by atoms with E-state index in [1.165, 1.54) is 6.92 Å². The molecule has 0 amide bonds. The first-order valence-corrected chi connectivity index (χ1v) is 13.2. The molecule has 220 valence electrons. The summed E-state index contributed by atoms with van der Waals surface area (Å²) in [6, 6.07) is 16.1. The molecule has 8 heteroatoms. The fourth-order valence-corrected chi connectivity index (χ4v) is 3.48. The Bertz CT molecular complexity index is 1640. The quantitative estimate of drug-likeness (QED) is 0.132. The molecule has 0 saturated heterocycles. The largest absolute Gasteiger partial charge is 0.423 e. The van der Waals surface area contributed by atoms with E-state index in [4.69, 9.17) is 18.9 Å². The fourth-order valence-electron chi connectivity index (χ4n) is 3.48. The Morgan fingerprint density at radius 1 is 0.535 bits per heavy atom. The van der Waals surface area contributed by atoms with Crippen molar-refractivity contribution in [3.05, 3.63) is 109 Å². The van der Waals surface area contributed by atoms with Crippen LogP contribution in [0.3, 0.4) is 0 Å². The molecule has 3 aromatic carbocycles. The predicted molar refractivity (Wildman–Crippen MR) is 164 cm³/mol. The third kappa shape index (κ3) is 8.27. The van der Waals surface area contributed by atoms with Crippen molar-refractivity contribution in [3.63, 3.8) is 0 Å². The SMILES string of the molecule is C=C(C)C(=O)Oc1ccc(-c2cc(OC(=O)C(=C)CC)c(-c3ccc(OC(=O)C(=C)C)cc3)cc2OC(=O)C(=C)C)cc1. The maximum Gasteiger partial charge on any atom is 0.338 e. The minimum atomic E-state index is -0.662. The summed E-state index contributed by atoms with van der Waals surface area (Å²) in [5, 5.41) is 0. The standard InChI is InChI=1S/C35H32O8/c1-9-23(8)35(39)43-31-19-28(24-10-14-26(15-11-24)40-32(36)20(2)3)30(42-34(38)22(6)7)18-29(31)25-12-16-27(17-13-25)41-33(37)21(4)5/h10-19H,2,4,6,8-9H2,1,3,5,7H3. The average Bonchev–Trinajstić information content (AvgIpc) is 2.97. The summed E-state index contributed by atoms with van der Waals surface area (Å²) in [6.07, 6.45) is 0.377. The Morgan fingerprint density at radius 3 is 1.19 bits per heavy atom. The second-order valence-corrected chi connectivity index (χ2v) is 9.75. The topological polar surface area (TPSA) is 105 Å². The normalized spacial score (nSPS) is 10.2. The Kier molecular flexibility index (Phi) is 10.4. The van der Waals surface area contributed by atoms with Crippen LogP contribution < -0.4 is 18.9 Å². The van der Waals surface area contributed by atoms with Gasteiger partial charge in [0.1, 0.15) is 23.0 Å². The third-order valence-electron chi connectivity index (χ3n) is 6.00. The summed E-state index contributed by atoms with van der Waals surface area (Å²) in [7, 11) is 0. The molecule has 0 unspecified atom stereocenters. The van der Waals surface area contributed by atoms with E-state index in [0.717, 1.165) is 0 Å². The van der Waals surface area contributed by atoms with E-state index in [1.54, 1.807) is 81.4 Å². The van der Waals surface area contributed by atoms with Crippen LogP contribution in [-0.4, -0.2) is 23.9 Å². The highest BCUT2D eigenvalue weighted by Gasteiger charge is 2.21. The molecule has 0 aliphatic rings. The molecule has 43 heavy (non-hydrogen) atoms. The van der Waals surface area contributed by atoms with E-state index in [0.29, 0.717) is 28.7 Å². The molecule has 0 spiro atoms. The van der Waals surface area contributed by atoms with Crippen LogP contribution in [0.15, 0.2) is 109 Å². The van der Waals surface area contributed by atoms with E-state index in [2.05, 4.69) is 26.3 Å². The Labute approximate surface area is 250 Å². The molecule has 0 radical (unpaired) electrons. The number of hydrogen-bond donors (Lipinski definition) is 0. The molecule has 0 N–H and O–H groups in total. The van der Waals surface area contributed by atoms with Gasteiger partial charge in [0.2, 0.25) is 0 Å². The van der Waals surface area contributed by atoms with E-state index in [9.17, 15) is 19.2 Å². The molecule has 0 bridgehead atoms. The molecule has 8 nitrogen and oxygen atoms in total. The van der Waals surface area contributed by atoms with Crippen molar-refractivity contribution in [2.75, 3.05) is 0 Å². The van der Waals surface area contributed by atoms with Gasteiger partial charge in [-0.15, -0.1) is 0 Å². The van der Waals surface area contributed by atoms with Crippen molar-refractivity contribution >= 4 is 23.9 Å². The van der Waals surface area contributed by atoms with E-state index >= 15 is 0 Å². The maximum absolute atomic E-state index is 12.8. The summed E-state index contributed by atoms with van der Waals surface area (Å²) < 4.78 is 22.1. The molecule has 0 aliphatic carbocycles. The molecule has 0 saturated carbocycles. The lowest BCUT2D eigenvalue weighted by molar-refractivity contribution is -0.131. The number of rotatable bonds is 11. The van der Waals surface area contributed by atoms with Gasteiger partial charge in [-0.2, -0.15) is 0 Å². The van der Waals surface area contributed by atoms with E-state index in [1.807, 2.05) is 0 Å². The second-order valence-electron chi connectivity index (χ2n) is 9.75. The smallest absolute Gasteiger partial charge is 0.338 e. The first-order chi connectivity index (χ1) is 20.3. The molecular weight excluding hydrogens is 548 g/mol. The van der Waals surface area contributed by atoms with Gasteiger partial charge in [0, 0.05) is 33.4 Å². The van der Waals surface area contributed by atoms with Gasteiger partial charge < -0.3 is 18.9 Å². The number of esters is 4. The third-order valence-corrected chi connectivity index (χ3v) is 6.00. The van der Waals surface area contributed by atoms with Crippen LogP contribution in [0.5, 0.6) is 23.0 Å². The van der Waals surface area contributed by atoms with E-state index in [-0.39, 0.29) is 45.3 Å². The van der Waals surface area contributed by atoms with Crippen LogP contribution >= 0.6 is 0 Å². The highest BCUT2D eigenvalue weighted by Crippen LogP contribution is 2.42. The van der Waals surface area contributed by atoms with Crippen LogP contribution in [0, 0.1) is 0 Å². The van der Waals surface area contributed by atoms with Gasteiger partial charge in [0.05, 0.1) is 0 Å². The number of carbonyl (C=O) groups is 4. The Balaban J connectivity index is 2.18. The maximum atomic E-state index is 12.8.